The van der Waals surface area contributed by atoms with Crippen LogP contribution in [-0.4, -0.2) is 18.0 Å². The van der Waals surface area contributed by atoms with Gasteiger partial charge in [-0.2, -0.15) is 0 Å². The summed E-state index contributed by atoms with van der Waals surface area (Å²) in [6.45, 7) is 5.93. The molecule has 1 N–H and O–H groups in total. The van der Waals surface area contributed by atoms with Crippen LogP contribution < -0.4 is 10.1 Å². The molecule has 0 aliphatic rings. The summed E-state index contributed by atoms with van der Waals surface area (Å²) < 4.78 is 5.40. The molecule has 0 aliphatic heterocycles. The topological polar surface area (TPSA) is 51.2 Å². The van der Waals surface area contributed by atoms with Gasteiger partial charge in [0.05, 0.1) is 29.6 Å². The first-order valence-electron chi connectivity index (χ1n) is 10.1. The normalized spacial score (nSPS) is 10.9. The predicted molar refractivity (Wildman–Crippen MR) is 132 cm³/mol. The van der Waals surface area contributed by atoms with E-state index in [1.54, 1.807) is 25.3 Å². The maximum atomic E-state index is 13.6. The molecule has 0 bridgehead atoms. The SMILES string of the molecule is COc1ccc(Cl)cc1NC(=O)c1c(C)c(-c2ccc(Cl)cc2)nc2c(C)cc(C)cc12. The number of fused-ring (bicyclic) bond motifs is 1. The van der Waals surface area contributed by atoms with Crippen molar-refractivity contribution in [3.05, 3.63) is 86.9 Å². The lowest BCUT2D eigenvalue weighted by Gasteiger charge is -2.17. The number of aromatic nitrogens is 1. The second kappa shape index (κ2) is 8.81. The number of nitrogens with zero attached hydrogens (tertiary/aromatic N) is 1. The minimum absolute atomic E-state index is 0.254. The Hall–Kier alpha value is -3.08. The molecule has 0 atom stereocenters. The summed E-state index contributed by atoms with van der Waals surface area (Å²) in [5, 5.41) is 4.93. The van der Waals surface area contributed by atoms with Gasteiger partial charge in [-0.05, 0) is 68.3 Å². The van der Waals surface area contributed by atoms with E-state index in [1.807, 2.05) is 51.1 Å². The van der Waals surface area contributed by atoms with Gasteiger partial charge in [0.1, 0.15) is 5.75 Å². The molecule has 162 valence electrons. The summed E-state index contributed by atoms with van der Waals surface area (Å²) in [6, 6.07) is 16.6. The molecule has 0 saturated carbocycles. The number of halogens is 2. The van der Waals surface area contributed by atoms with Gasteiger partial charge in [0.15, 0.2) is 0 Å². The van der Waals surface area contributed by atoms with Gasteiger partial charge >= 0.3 is 0 Å². The first-order chi connectivity index (χ1) is 15.3. The molecule has 0 saturated heterocycles. The van der Waals surface area contributed by atoms with Crippen molar-refractivity contribution in [2.75, 3.05) is 12.4 Å². The van der Waals surface area contributed by atoms with Crippen molar-refractivity contribution in [2.45, 2.75) is 20.8 Å². The number of carbonyl (C=O) groups is 1. The number of ether oxygens (including phenoxy) is 1. The van der Waals surface area contributed by atoms with Crippen LogP contribution in [0.5, 0.6) is 5.75 Å². The van der Waals surface area contributed by atoms with Crippen molar-refractivity contribution >= 4 is 45.7 Å². The van der Waals surface area contributed by atoms with E-state index >= 15 is 0 Å². The lowest BCUT2D eigenvalue weighted by molar-refractivity contribution is 0.102. The third-order valence-electron chi connectivity index (χ3n) is 5.42. The summed E-state index contributed by atoms with van der Waals surface area (Å²) in [5.41, 5.74) is 6.33. The molecule has 1 aromatic heterocycles. The maximum absolute atomic E-state index is 13.6. The molecule has 4 aromatic rings. The quantitative estimate of drug-likeness (QED) is 0.342. The minimum Gasteiger partial charge on any atom is -0.495 e. The predicted octanol–water partition coefficient (Wildman–Crippen LogP) is 7.39. The molecule has 0 spiro atoms. The van der Waals surface area contributed by atoms with Crippen molar-refractivity contribution < 1.29 is 9.53 Å². The van der Waals surface area contributed by atoms with Crippen LogP contribution in [0.2, 0.25) is 10.0 Å². The summed E-state index contributed by atoms with van der Waals surface area (Å²) >= 11 is 12.2. The van der Waals surface area contributed by atoms with Crippen molar-refractivity contribution in [2.24, 2.45) is 0 Å². The smallest absolute Gasteiger partial charge is 0.256 e. The number of benzene rings is 3. The Bertz CT molecular complexity index is 1350. The Labute approximate surface area is 197 Å². The molecule has 3 aromatic carbocycles. The number of amides is 1. The first kappa shape index (κ1) is 22.1. The number of pyridine rings is 1. The van der Waals surface area contributed by atoms with Crippen LogP contribution in [0, 0.1) is 20.8 Å². The van der Waals surface area contributed by atoms with E-state index in [9.17, 15) is 4.79 Å². The highest BCUT2D eigenvalue weighted by molar-refractivity contribution is 6.31. The van der Waals surface area contributed by atoms with Gasteiger partial charge in [0.25, 0.3) is 5.91 Å². The second-order valence-electron chi connectivity index (χ2n) is 7.74. The second-order valence-corrected chi connectivity index (χ2v) is 8.62. The van der Waals surface area contributed by atoms with E-state index in [0.29, 0.717) is 27.0 Å². The lowest BCUT2D eigenvalue weighted by Crippen LogP contribution is -2.16. The Balaban J connectivity index is 1.94. The zero-order valence-corrected chi connectivity index (χ0v) is 19.7. The van der Waals surface area contributed by atoms with Crippen LogP contribution in [0.15, 0.2) is 54.6 Å². The van der Waals surface area contributed by atoms with Gasteiger partial charge in [-0.25, -0.2) is 4.98 Å². The van der Waals surface area contributed by atoms with E-state index in [1.165, 1.54) is 0 Å². The minimum atomic E-state index is -0.254. The zero-order chi connectivity index (χ0) is 23.0. The third-order valence-corrected chi connectivity index (χ3v) is 5.91. The molecule has 4 nitrogen and oxygen atoms in total. The number of hydrogen-bond acceptors (Lipinski definition) is 3. The third kappa shape index (κ3) is 4.16. The van der Waals surface area contributed by atoms with Crippen LogP contribution in [0.4, 0.5) is 5.69 Å². The van der Waals surface area contributed by atoms with E-state index in [0.717, 1.165) is 38.9 Å². The summed E-state index contributed by atoms with van der Waals surface area (Å²) in [4.78, 5) is 18.6. The summed E-state index contributed by atoms with van der Waals surface area (Å²) in [6.07, 6.45) is 0. The monoisotopic (exact) mass is 464 g/mol. The highest BCUT2D eigenvalue weighted by Crippen LogP contribution is 2.34. The molecule has 0 unspecified atom stereocenters. The van der Waals surface area contributed by atoms with Gasteiger partial charge in [0, 0.05) is 21.0 Å². The summed E-state index contributed by atoms with van der Waals surface area (Å²) in [5.74, 6) is 0.278. The summed E-state index contributed by atoms with van der Waals surface area (Å²) in [7, 11) is 1.55. The fourth-order valence-corrected chi connectivity index (χ4v) is 4.26. The van der Waals surface area contributed by atoms with Gasteiger partial charge in [-0.1, -0.05) is 47.0 Å². The molecule has 1 heterocycles. The number of methoxy groups -OCH3 is 1. The molecule has 4 rings (SSSR count). The number of anilines is 1. The van der Waals surface area contributed by atoms with Crippen molar-refractivity contribution in [1.82, 2.24) is 4.98 Å². The molecule has 0 fully saturated rings. The van der Waals surface area contributed by atoms with E-state index in [4.69, 9.17) is 32.9 Å². The highest BCUT2D eigenvalue weighted by Gasteiger charge is 2.21. The number of hydrogen-bond donors (Lipinski definition) is 1. The fraction of sp³-hybridized carbons (Fsp3) is 0.154. The van der Waals surface area contributed by atoms with E-state index < -0.39 is 0 Å². The number of nitrogens with one attached hydrogen (secondary N) is 1. The Morgan fingerprint density at radius 1 is 0.938 bits per heavy atom. The van der Waals surface area contributed by atoms with Crippen molar-refractivity contribution in [1.29, 1.82) is 0 Å². The standard InChI is InChI=1S/C26H22Cl2N2O2/c1-14-11-15(2)24-20(12-14)23(16(3)25(30-24)17-5-7-18(27)8-6-17)26(31)29-21-13-19(28)9-10-22(21)32-4/h5-13H,1-4H3,(H,29,31). The van der Waals surface area contributed by atoms with Crippen LogP contribution in [0.1, 0.15) is 27.0 Å². The Morgan fingerprint density at radius 3 is 2.31 bits per heavy atom. The molecule has 6 heteroatoms. The largest absolute Gasteiger partial charge is 0.495 e. The van der Waals surface area contributed by atoms with E-state index in [2.05, 4.69) is 11.4 Å². The van der Waals surface area contributed by atoms with Gasteiger partial charge in [0.2, 0.25) is 0 Å². The van der Waals surface area contributed by atoms with Crippen LogP contribution in [-0.2, 0) is 0 Å². The van der Waals surface area contributed by atoms with Crippen LogP contribution in [0.3, 0.4) is 0 Å². The molecule has 32 heavy (non-hydrogen) atoms. The van der Waals surface area contributed by atoms with Crippen molar-refractivity contribution in [3.63, 3.8) is 0 Å². The zero-order valence-electron chi connectivity index (χ0n) is 18.2. The van der Waals surface area contributed by atoms with E-state index in [-0.39, 0.29) is 5.91 Å². The lowest BCUT2D eigenvalue weighted by atomic mass is 9.94. The Kier molecular flexibility index (Phi) is 6.09. The fourth-order valence-electron chi connectivity index (χ4n) is 3.96. The van der Waals surface area contributed by atoms with Crippen LogP contribution in [0.25, 0.3) is 22.2 Å². The highest BCUT2D eigenvalue weighted by atomic mass is 35.5. The van der Waals surface area contributed by atoms with Gasteiger partial charge in [-0.15, -0.1) is 0 Å². The van der Waals surface area contributed by atoms with Crippen LogP contribution >= 0.6 is 23.2 Å². The number of carbonyl (C=O) groups excluding carboxylic acids is 1. The molecule has 0 aliphatic carbocycles. The molecular formula is C26H22Cl2N2O2. The Morgan fingerprint density at radius 2 is 1.62 bits per heavy atom. The maximum Gasteiger partial charge on any atom is 0.256 e. The molecule has 0 radical (unpaired) electrons. The number of aryl methyl sites for hydroxylation is 2. The van der Waals surface area contributed by atoms with Crippen molar-refractivity contribution in [3.8, 4) is 17.0 Å². The molecule has 1 amide bonds. The average Bonchev–Trinajstić information content (AvgIpc) is 2.74. The average molecular weight is 465 g/mol. The van der Waals surface area contributed by atoms with Gasteiger partial charge < -0.3 is 10.1 Å². The number of rotatable bonds is 4. The molecular weight excluding hydrogens is 443 g/mol. The van der Waals surface area contributed by atoms with Gasteiger partial charge in [-0.3, -0.25) is 4.79 Å². The first-order valence-corrected chi connectivity index (χ1v) is 10.9.